The highest BCUT2D eigenvalue weighted by Crippen LogP contribution is 2.35. The van der Waals surface area contributed by atoms with E-state index in [-0.39, 0.29) is 6.42 Å². The molecule has 1 saturated carbocycles. The van der Waals surface area contributed by atoms with Crippen molar-refractivity contribution in [2.75, 3.05) is 0 Å². The molecule has 0 saturated heterocycles. The second kappa shape index (κ2) is 7.13. The van der Waals surface area contributed by atoms with Gasteiger partial charge in [-0.2, -0.15) is 13.2 Å². The Labute approximate surface area is 128 Å². The van der Waals surface area contributed by atoms with Gasteiger partial charge in [-0.1, -0.05) is 43.2 Å². The van der Waals surface area contributed by atoms with Crippen molar-refractivity contribution in [2.45, 2.75) is 50.4 Å². The quantitative estimate of drug-likeness (QED) is 0.876. The van der Waals surface area contributed by atoms with Crippen LogP contribution < -0.4 is 11.1 Å². The fraction of sp³-hybridized carbons (Fsp3) is 0.562. The predicted octanol–water partition coefficient (Wildman–Crippen LogP) is 3.31. The van der Waals surface area contributed by atoms with E-state index in [2.05, 4.69) is 5.32 Å². The average Bonchev–Trinajstić information content (AvgIpc) is 2.98. The monoisotopic (exact) mass is 314 g/mol. The Hall–Kier alpha value is -1.56. The summed E-state index contributed by atoms with van der Waals surface area (Å²) in [7, 11) is 0. The topological polar surface area (TPSA) is 55.1 Å². The van der Waals surface area contributed by atoms with Gasteiger partial charge in [0.05, 0.1) is 0 Å². The van der Waals surface area contributed by atoms with Gasteiger partial charge in [-0.3, -0.25) is 4.79 Å². The molecule has 0 radical (unpaired) electrons. The number of halogens is 3. The number of nitrogens with two attached hydrogens (primary N) is 1. The number of carbonyl (C=O) groups excluding carboxylic acids is 1. The van der Waals surface area contributed by atoms with Crippen LogP contribution in [0.5, 0.6) is 0 Å². The molecule has 122 valence electrons. The predicted molar refractivity (Wildman–Crippen MR) is 77.9 cm³/mol. The zero-order valence-corrected chi connectivity index (χ0v) is 12.3. The highest BCUT2D eigenvalue weighted by atomic mass is 19.4. The molecule has 0 aliphatic heterocycles. The highest BCUT2D eigenvalue weighted by molar-refractivity contribution is 5.77. The summed E-state index contributed by atoms with van der Waals surface area (Å²) in [5.41, 5.74) is 6.63. The zero-order chi connectivity index (χ0) is 16.2. The molecule has 3 nitrogen and oxygen atoms in total. The van der Waals surface area contributed by atoms with Crippen molar-refractivity contribution < 1.29 is 18.0 Å². The summed E-state index contributed by atoms with van der Waals surface area (Å²) in [6, 6.07) is 6.54. The van der Waals surface area contributed by atoms with Crippen molar-refractivity contribution in [3.05, 3.63) is 35.9 Å². The molecule has 3 N–H and O–H groups in total. The SMILES string of the molecule is NC(CC(=O)NC(C1CCCC1)C(F)(F)F)c1ccccc1. The van der Waals surface area contributed by atoms with Crippen molar-refractivity contribution in [1.82, 2.24) is 5.32 Å². The second-order valence-electron chi connectivity index (χ2n) is 5.85. The maximum Gasteiger partial charge on any atom is 0.408 e. The van der Waals surface area contributed by atoms with Crippen molar-refractivity contribution >= 4 is 5.91 Å². The minimum Gasteiger partial charge on any atom is -0.344 e. The van der Waals surface area contributed by atoms with Gasteiger partial charge in [-0.25, -0.2) is 0 Å². The summed E-state index contributed by atoms with van der Waals surface area (Å²) >= 11 is 0. The lowest BCUT2D eigenvalue weighted by Gasteiger charge is -2.27. The number of benzene rings is 1. The summed E-state index contributed by atoms with van der Waals surface area (Å²) in [4.78, 5) is 11.9. The van der Waals surface area contributed by atoms with Crippen LogP contribution in [0, 0.1) is 5.92 Å². The van der Waals surface area contributed by atoms with Crippen LogP contribution in [0.4, 0.5) is 13.2 Å². The van der Waals surface area contributed by atoms with Crippen LogP contribution in [-0.2, 0) is 4.79 Å². The van der Waals surface area contributed by atoms with Gasteiger partial charge >= 0.3 is 6.18 Å². The Morgan fingerprint density at radius 3 is 2.36 bits per heavy atom. The minimum absolute atomic E-state index is 0.149. The Morgan fingerprint density at radius 2 is 1.82 bits per heavy atom. The molecule has 2 unspecified atom stereocenters. The molecule has 1 aromatic carbocycles. The van der Waals surface area contributed by atoms with E-state index in [1.807, 2.05) is 6.07 Å². The van der Waals surface area contributed by atoms with Crippen LogP contribution in [0.1, 0.15) is 43.7 Å². The summed E-state index contributed by atoms with van der Waals surface area (Å²) in [6.07, 6.45) is -1.97. The number of nitrogens with one attached hydrogen (secondary N) is 1. The van der Waals surface area contributed by atoms with E-state index in [4.69, 9.17) is 5.73 Å². The Kier molecular flexibility index (Phi) is 5.45. The molecule has 0 bridgehead atoms. The van der Waals surface area contributed by atoms with Gasteiger partial charge in [-0.15, -0.1) is 0 Å². The summed E-state index contributed by atoms with van der Waals surface area (Å²) in [5, 5.41) is 2.16. The third-order valence-corrected chi connectivity index (χ3v) is 4.17. The first-order chi connectivity index (χ1) is 10.4. The molecular weight excluding hydrogens is 293 g/mol. The number of amides is 1. The fourth-order valence-corrected chi connectivity index (χ4v) is 3.01. The number of alkyl halides is 3. The van der Waals surface area contributed by atoms with E-state index < -0.39 is 30.1 Å². The van der Waals surface area contributed by atoms with E-state index in [9.17, 15) is 18.0 Å². The fourth-order valence-electron chi connectivity index (χ4n) is 3.01. The maximum absolute atomic E-state index is 13.1. The molecule has 1 fully saturated rings. The first-order valence-electron chi connectivity index (χ1n) is 7.54. The maximum atomic E-state index is 13.1. The zero-order valence-electron chi connectivity index (χ0n) is 12.3. The molecule has 2 rings (SSSR count). The standard InChI is InChI=1S/C16H21F3N2O/c17-16(18,19)15(12-8-4-5-9-12)21-14(22)10-13(20)11-6-2-1-3-7-11/h1-3,6-7,12-13,15H,4-5,8-10,20H2,(H,21,22). The minimum atomic E-state index is -4.42. The van der Waals surface area contributed by atoms with Crippen LogP contribution >= 0.6 is 0 Å². The summed E-state index contributed by atoms with van der Waals surface area (Å²) in [6.45, 7) is 0. The lowest BCUT2D eigenvalue weighted by molar-refractivity contribution is -0.172. The average molecular weight is 314 g/mol. The molecule has 1 amide bonds. The lowest BCUT2D eigenvalue weighted by Crippen LogP contribution is -2.50. The van der Waals surface area contributed by atoms with Crippen LogP contribution in [0.2, 0.25) is 0 Å². The third-order valence-electron chi connectivity index (χ3n) is 4.17. The molecular formula is C16H21F3N2O. The molecule has 0 heterocycles. The van der Waals surface area contributed by atoms with Gasteiger partial charge in [0, 0.05) is 12.5 Å². The molecule has 0 spiro atoms. The number of carbonyl (C=O) groups is 1. The molecule has 1 aromatic rings. The molecule has 0 aromatic heterocycles. The molecule has 6 heteroatoms. The van der Waals surface area contributed by atoms with Gasteiger partial charge < -0.3 is 11.1 Å². The first kappa shape index (κ1) is 16.8. The van der Waals surface area contributed by atoms with Crippen LogP contribution in [-0.4, -0.2) is 18.1 Å². The number of hydrogen-bond donors (Lipinski definition) is 2. The number of hydrogen-bond acceptors (Lipinski definition) is 2. The summed E-state index contributed by atoms with van der Waals surface area (Å²) < 4.78 is 39.4. The molecule has 22 heavy (non-hydrogen) atoms. The van der Waals surface area contributed by atoms with Gasteiger partial charge in [0.2, 0.25) is 5.91 Å². The lowest BCUT2D eigenvalue weighted by atomic mass is 9.97. The summed E-state index contributed by atoms with van der Waals surface area (Å²) in [5.74, 6) is -1.16. The van der Waals surface area contributed by atoms with E-state index in [0.717, 1.165) is 18.4 Å². The molecule has 1 aliphatic carbocycles. The van der Waals surface area contributed by atoms with Crippen LogP contribution in [0.25, 0.3) is 0 Å². The van der Waals surface area contributed by atoms with Gasteiger partial charge in [0.25, 0.3) is 0 Å². The highest BCUT2D eigenvalue weighted by Gasteiger charge is 2.46. The third kappa shape index (κ3) is 4.47. The van der Waals surface area contributed by atoms with Gasteiger partial charge in [0.1, 0.15) is 6.04 Å². The van der Waals surface area contributed by atoms with Crippen molar-refractivity contribution in [3.8, 4) is 0 Å². The van der Waals surface area contributed by atoms with Crippen molar-refractivity contribution in [1.29, 1.82) is 0 Å². The van der Waals surface area contributed by atoms with E-state index >= 15 is 0 Å². The normalized spacial score (nSPS) is 18.9. The van der Waals surface area contributed by atoms with Crippen molar-refractivity contribution in [3.63, 3.8) is 0 Å². The van der Waals surface area contributed by atoms with Crippen LogP contribution in [0.3, 0.4) is 0 Å². The second-order valence-corrected chi connectivity index (χ2v) is 5.85. The first-order valence-corrected chi connectivity index (χ1v) is 7.54. The van der Waals surface area contributed by atoms with Crippen LogP contribution in [0.15, 0.2) is 30.3 Å². The molecule has 2 atom stereocenters. The molecule has 1 aliphatic rings. The Bertz CT molecular complexity index is 484. The van der Waals surface area contributed by atoms with Gasteiger partial charge in [-0.05, 0) is 24.3 Å². The number of rotatable bonds is 5. The van der Waals surface area contributed by atoms with Gasteiger partial charge in [0.15, 0.2) is 0 Å². The Balaban J connectivity index is 1.96. The van der Waals surface area contributed by atoms with E-state index in [1.165, 1.54) is 0 Å². The smallest absolute Gasteiger partial charge is 0.344 e. The largest absolute Gasteiger partial charge is 0.408 e. The Morgan fingerprint density at radius 1 is 1.23 bits per heavy atom. The van der Waals surface area contributed by atoms with E-state index in [0.29, 0.717) is 12.8 Å². The van der Waals surface area contributed by atoms with E-state index in [1.54, 1.807) is 24.3 Å². The van der Waals surface area contributed by atoms with Crippen molar-refractivity contribution in [2.24, 2.45) is 11.7 Å².